The SMILES string of the molecule is COCCOCCCNC(=O)C(CCSC)NS(=O)(=O)c1ccccc1. The number of hydrogen-bond acceptors (Lipinski definition) is 6. The van der Waals surface area contributed by atoms with Crippen molar-refractivity contribution in [2.24, 2.45) is 0 Å². The van der Waals surface area contributed by atoms with Crippen LogP contribution in [0, 0.1) is 0 Å². The molecule has 1 unspecified atom stereocenters. The summed E-state index contributed by atoms with van der Waals surface area (Å²) in [7, 11) is -2.13. The van der Waals surface area contributed by atoms with Crippen molar-refractivity contribution in [3.8, 4) is 0 Å². The number of carbonyl (C=O) groups is 1. The summed E-state index contributed by atoms with van der Waals surface area (Å²) in [6.07, 6.45) is 2.98. The summed E-state index contributed by atoms with van der Waals surface area (Å²) in [4.78, 5) is 12.5. The minimum absolute atomic E-state index is 0.147. The third kappa shape index (κ3) is 9.00. The Hall–Kier alpha value is -1.13. The second kappa shape index (κ2) is 13.1. The molecule has 0 saturated heterocycles. The molecule has 0 spiro atoms. The fourth-order valence-corrected chi connectivity index (χ4v) is 3.81. The van der Waals surface area contributed by atoms with Gasteiger partial charge >= 0.3 is 0 Å². The fourth-order valence-electron chi connectivity index (χ4n) is 2.09. The maximum Gasteiger partial charge on any atom is 0.241 e. The van der Waals surface area contributed by atoms with E-state index in [1.165, 1.54) is 12.1 Å². The minimum atomic E-state index is -3.74. The van der Waals surface area contributed by atoms with Crippen LogP contribution in [0.15, 0.2) is 35.2 Å². The van der Waals surface area contributed by atoms with Gasteiger partial charge < -0.3 is 14.8 Å². The van der Waals surface area contributed by atoms with Crippen molar-refractivity contribution < 1.29 is 22.7 Å². The zero-order valence-corrected chi connectivity index (χ0v) is 16.9. The van der Waals surface area contributed by atoms with Crippen LogP contribution in [0.25, 0.3) is 0 Å². The van der Waals surface area contributed by atoms with Crippen molar-refractivity contribution in [1.82, 2.24) is 10.0 Å². The summed E-state index contributed by atoms with van der Waals surface area (Å²) in [5, 5.41) is 2.77. The number of nitrogens with one attached hydrogen (secondary N) is 2. The first kappa shape index (κ1) is 22.9. The molecule has 0 heterocycles. The number of hydrogen-bond donors (Lipinski definition) is 2. The third-order valence-corrected chi connectivity index (χ3v) is 5.61. The van der Waals surface area contributed by atoms with Crippen molar-refractivity contribution in [3.63, 3.8) is 0 Å². The first-order valence-corrected chi connectivity index (χ1v) is 11.3. The Morgan fingerprint density at radius 3 is 2.58 bits per heavy atom. The highest BCUT2D eigenvalue weighted by molar-refractivity contribution is 7.98. The molecule has 0 radical (unpaired) electrons. The number of thioether (sulfide) groups is 1. The van der Waals surface area contributed by atoms with E-state index >= 15 is 0 Å². The van der Waals surface area contributed by atoms with E-state index < -0.39 is 16.1 Å². The highest BCUT2D eigenvalue weighted by Crippen LogP contribution is 2.10. The summed E-state index contributed by atoms with van der Waals surface area (Å²) in [5.74, 6) is 0.352. The highest BCUT2D eigenvalue weighted by Gasteiger charge is 2.25. The number of ether oxygens (including phenoxy) is 2. The molecule has 26 heavy (non-hydrogen) atoms. The van der Waals surface area contributed by atoms with Gasteiger partial charge in [0.1, 0.15) is 6.04 Å². The maximum atomic E-state index is 12.5. The molecule has 1 atom stereocenters. The molecule has 0 aliphatic heterocycles. The second-order valence-corrected chi connectivity index (χ2v) is 8.22. The van der Waals surface area contributed by atoms with Crippen LogP contribution in [0.4, 0.5) is 0 Å². The summed E-state index contributed by atoms with van der Waals surface area (Å²) in [5.41, 5.74) is 0. The Kier molecular flexibility index (Phi) is 11.5. The normalized spacial score (nSPS) is 12.7. The molecule has 0 aliphatic rings. The lowest BCUT2D eigenvalue weighted by Crippen LogP contribution is -2.47. The molecule has 2 N–H and O–H groups in total. The molecule has 0 saturated carbocycles. The molecule has 9 heteroatoms. The molecule has 0 aliphatic carbocycles. The van der Waals surface area contributed by atoms with Crippen LogP contribution in [0.1, 0.15) is 12.8 Å². The van der Waals surface area contributed by atoms with Crippen LogP contribution in [0.3, 0.4) is 0 Å². The van der Waals surface area contributed by atoms with Gasteiger partial charge in [-0.1, -0.05) is 18.2 Å². The minimum Gasteiger partial charge on any atom is -0.382 e. The average molecular weight is 405 g/mol. The van der Waals surface area contributed by atoms with Gasteiger partial charge in [0.05, 0.1) is 18.1 Å². The van der Waals surface area contributed by atoms with Crippen molar-refractivity contribution in [2.75, 3.05) is 45.5 Å². The fraction of sp³-hybridized carbons (Fsp3) is 0.588. The first-order valence-electron chi connectivity index (χ1n) is 8.42. The quantitative estimate of drug-likeness (QED) is 0.454. The second-order valence-electron chi connectivity index (χ2n) is 5.52. The van der Waals surface area contributed by atoms with E-state index in [4.69, 9.17) is 9.47 Å². The molecular formula is C17H28N2O5S2. The van der Waals surface area contributed by atoms with Gasteiger partial charge in [-0.2, -0.15) is 16.5 Å². The largest absolute Gasteiger partial charge is 0.382 e. The van der Waals surface area contributed by atoms with Gasteiger partial charge in [-0.05, 0) is 37.0 Å². The monoisotopic (exact) mass is 404 g/mol. The molecule has 7 nitrogen and oxygen atoms in total. The van der Waals surface area contributed by atoms with Crippen LogP contribution in [-0.4, -0.2) is 65.9 Å². The van der Waals surface area contributed by atoms with Gasteiger partial charge in [0.2, 0.25) is 15.9 Å². The standard InChI is InChI=1S/C17H28N2O5S2/c1-23-12-13-24-11-6-10-18-17(20)16(9-14-25-2)19-26(21,22)15-7-4-3-5-8-15/h3-5,7-8,16,19H,6,9-14H2,1-2H3,(H,18,20). The van der Waals surface area contributed by atoms with E-state index in [9.17, 15) is 13.2 Å². The predicted molar refractivity (Wildman–Crippen MR) is 104 cm³/mol. The molecule has 1 aromatic carbocycles. The third-order valence-electron chi connectivity index (χ3n) is 3.47. The summed E-state index contributed by atoms with van der Waals surface area (Å²) < 4.78 is 37.6. The van der Waals surface area contributed by atoms with Crippen LogP contribution in [0.2, 0.25) is 0 Å². The van der Waals surface area contributed by atoms with E-state index in [0.29, 0.717) is 45.0 Å². The van der Waals surface area contributed by atoms with E-state index in [0.717, 1.165) is 0 Å². The predicted octanol–water partition coefficient (Wildman–Crippen LogP) is 1.26. The number of methoxy groups -OCH3 is 1. The van der Waals surface area contributed by atoms with Crippen LogP contribution < -0.4 is 10.0 Å². The van der Waals surface area contributed by atoms with Crippen molar-refractivity contribution in [1.29, 1.82) is 0 Å². The maximum absolute atomic E-state index is 12.5. The van der Waals surface area contributed by atoms with Gasteiger partial charge in [-0.3, -0.25) is 4.79 Å². The number of sulfonamides is 1. The van der Waals surface area contributed by atoms with E-state index in [1.54, 1.807) is 37.1 Å². The molecule has 0 aromatic heterocycles. The van der Waals surface area contributed by atoms with Gasteiger partial charge in [0, 0.05) is 20.3 Å². The molecule has 1 rings (SSSR count). The smallest absolute Gasteiger partial charge is 0.241 e. The average Bonchev–Trinajstić information content (AvgIpc) is 2.65. The topological polar surface area (TPSA) is 93.7 Å². The molecular weight excluding hydrogens is 376 g/mol. The molecule has 0 fully saturated rings. The van der Waals surface area contributed by atoms with E-state index in [-0.39, 0.29) is 10.8 Å². The number of rotatable bonds is 14. The first-order chi connectivity index (χ1) is 12.5. The molecule has 0 bridgehead atoms. The van der Waals surface area contributed by atoms with Crippen LogP contribution >= 0.6 is 11.8 Å². The lowest BCUT2D eigenvalue weighted by atomic mass is 10.2. The van der Waals surface area contributed by atoms with Gasteiger partial charge in [0.25, 0.3) is 0 Å². The van der Waals surface area contributed by atoms with E-state index in [1.807, 2.05) is 6.26 Å². The lowest BCUT2D eigenvalue weighted by molar-refractivity contribution is -0.122. The number of benzene rings is 1. The van der Waals surface area contributed by atoms with Crippen LogP contribution in [0.5, 0.6) is 0 Å². The zero-order valence-electron chi connectivity index (χ0n) is 15.3. The number of amides is 1. The Morgan fingerprint density at radius 1 is 1.19 bits per heavy atom. The van der Waals surface area contributed by atoms with Crippen molar-refractivity contribution in [3.05, 3.63) is 30.3 Å². The van der Waals surface area contributed by atoms with Crippen LogP contribution in [-0.2, 0) is 24.3 Å². The van der Waals surface area contributed by atoms with Crippen molar-refractivity contribution in [2.45, 2.75) is 23.8 Å². The van der Waals surface area contributed by atoms with Gasteiger partial charge in [-0.25, -0.2) is 8.42 Å². The molecule has 148 valence electrons. The number of carbonyl (C=O) groups excluding carboxylic acids is 1. The Bertz CT molecular complexity index is 611. The van der Waals surface area contributed by atoms with Gasteiger partial charge in [-0.15, -0.1) is 0 Å². The summed E-state index contributed by atoms with van der Waals surface area (Å²) >= 11 is 1.56. The van der Waals surface area contributed by atoms with Gasteiger partial charge in [0.15, 0.2) is 0 Å². The molecule has 1 aromatic rings. The Labute approximate surface area is 160 Å². The highest BCUT2D eigenvalue weighted by atomic mass is 32.2. The van der Waals surface area contributed by atoms with Crippen molar-refractivity contribution >= 4 is 27.7 Å². The molecule has 1 amide bonds. The Balaban J connectivity index is 2.53. The van der Waals surface area contributed by atoms with E-state index in [2.05, 4.69) is 10.0 Å². The summed E-state index contributed by atoms with van der Waals surface area (Å²) in [6, 6.07) is 7.24. The Morgan fingerprint density at radius 2 is 1.92 bits per heavy atom. The zero-order chi connectivity index (χ0) is 19.3. The lowest BCUT2D eigenvalue weighted by Gasteiger charge is -2.18. The summed E-state index contributed by atoms with van der Waals surface area (Å²) in [6.45, 7) is 1.98.